The van der Waals surface area contributed by atoms with E-state index in [2.05, 4.69) is 15.4 Å². The predicted octanol–water partition coefficient (Wildman–Crippen LogP) is 2.10. The molecule has 0 bridgehead atoms. The third kappa shape index (κ3) is 3.84. The number of nitrogens with one attached hydrogen (secondary N) is 1. The Morgan fingerprint density at radius 1 is 1.40 bits per heavy atom. The molecule has 0 amide bonds. The van der Waals surface area contributed by atoms with E-state index in [-0.39, 0.29) is 5.75 Å². The van der Waals surface area contributed by atoms with Crippen molar-refractivity contribution in [2.75, 3.05) is 20.2 Å². The number of aromatic hydroxyl groups is 1. The third-order valence-corrected chi connectivity index (χ3v) is 3.59. The first-order chi connectivity index (χ1) is 9.70. The summed E-state index contributed by atoms with van der Waals surface area (Å²) in [7, 11) is 1.58. The SMILES string of the molecule is COc1ccc(O)c(/C=N\NC(=S)N2CCCCC2)c1. The van der Waals surface area contributed by atoms with Gasteiger partial charge in [0.1, 0.15) is 11.5 Å². The summed E-state index contributed by atoms with van der Waals surface area (Å²) in [4.78, 5) is 2.11. The van der Waals surface area contributed by atoms with Gasteiger partial charge in [-0.2, -0.15) is 5.10 Å². The summed E-state index contributed by atoms with van der Waals surface area (Å²) in [6.07, 6.45) is 5.14. The summed E-state index contributed by atoms with van der Waals surface area (Å²) >= 11 is 5.28. The fourth-order valence-electron chi connectivity index (χ4n) is 2.09. The molecule has 0 radical (unpaired) electrons. The Labute approximate surface area is 124 Å². The number of nitrogens with zero attached hydrogens (tertiary/aromatic N) is 2. The fourth-order valence-corrected chi connectivity index (χ4v) is 2.32. The lowest BCUT2D eigenvalue weighted by Gasteiger charge is -2.28. The zero-order valence-corrected chi connectivity index (χ0v) is 12.3. The molecule has 1 aromatic rings. The number of benzene rings is 1. The van der Waals surface area contributed by atoms with Gasteiger partial charge in [-0.1, -0.05) is 0 Å². The molecule has 0 saturated carbocycles. The van der Waals surface area contributed by atoms with E-state index in [4.69, 9.17) is 17.0 Å². The molecule has 0 spiro atoms. The summed E-state index contributed by atoms with van der Waals surface area (Å²) < 4.78 is 5.11. The number of phenols is 1. The second-order valence-electron chi connectivity index (χ2n) is 4.65. The number of rotatable bonds is 3. The number of phenolic OH excluding ortho intramolecular Hbond substituents is 1. The Bertz CT molecular complexity index is 499. The average Bonchev–Trinajstić information content (AvgIpc) is 2.50. The van der Waals surface area contributed by atoms with Crippen LogP contribution in [0.2, 0.25) is 0 Å². The minimum Gasteiger partial charge on any atom is -0.507 e. The van der Waals surface area contributed by atoms with Crippen LogP contribution in [-0.4, -0.2) is 41.5 Å². The Hall–Kier alpha value is -1.82. The molecule has 0 atom stereocenters. The topological polar surface area (TPSA) is 57.1 Å². The maximum Gasteiger partial charge on any atom is 0.189 e. The van der Waals surface area contributed by atoms with Crippen molar-refractivity contribution in [2.24, 2.45) is 5.10 Å². The van der Waals surface area contributed by atoms with E-state index in [1.807, 2.05) is 0 Å². The number of hydrogen-bond donors (Lipinski definition) is 2. The summed E-state index contributed by atoms with van der Waals surface area (Å²) in [6, 6.07) is 4.98. The van der Waals surface area contributed by atoms with Crippen LogP contribution in [0.25, 0.3) is 0 Å². The van der Waals surface area contributed by atoms with Crippen LogP contribution < -0.4 is 10.2 Å². The molecule has 2 N–H and O–H groups in total. The molecule has 2 rings (SSSR count). The van der Waals surface area contributed by atoms with Crippen molar-refractivity contribution in [3.05, 3.63) is 23.8 Å². The van der Waals surface area contributed by atoms with Gasteiger partial charge in [-0.25, -0.2) is 0 Å². The third-order valence-electron chi connectivity index (χ3n) is 3.24. The van der Waals surface area contributed by atoms with Crippen LogP contribution >= 0.6 is 12.2 Å². The normalized spacial score (nSPS) is 15.3. The molecule has 0 aromatic heterocycles. The van der Waals surface area contributed by atoms with Gasteiger partial charge < -0.3 is 14.7 Å². The van der Waals surface area contributed by atoms with Gasteiger partial charge in [0.15, 0.2) is 5.11 Å². The van der Waals surface area contributed by atoms with Crippen LogP contribution in [0.3, 0.4) is 0 Å². The van der Waals surface area contributed by atoms with Gasteiger partial charge in [0, 0.05) is 18.7 Å². The molecule has 108 valence electrons. The zero-order chi connectivity index (χ0) is 14.4. The van der Waals surface area contributed by atoms with Gasteiger partial charge in [-0.05, 0) is 49.7 Å². The first kappa shape index (κ1) is 14.6. The Balaban J connectivity index is 1.94. The van der Waals surface area contributed by atoms with Crippen molar-refractivity contribution in [1.29, 1.82) is 0 Å². The van der Waals surface area contributed by atoms with Gasteiger partial charge >= 0.3 is 0 Å². The quantitative estimate of drug-likeness (QED) is 0.508. The molecule has 1 fully saturated rings. The molecule has 1 saturated heterocycles. The van der Waals surface area contributed by atoms with E-state index in [0.717, 1.165) is 13.1 Å². The van der Waals surface area contributed by atoms with Crippen molar-refractivity contribution < 1.29 is 9.84 Å². The molecule has 0 aliphatic carbocycles. The fraction of sp³-hybridized carbons (Fsp3) is 0.429. The lowest BCUT2D eigenvalue weighted by Crippen LogP contribution is -2.40. The lowest BCUT2D eigenvalue weighted by molar-refractivity contribution is 0.338. The molecule has 0 unspecified atom stereocenters. The van der Waals surface area contributed by atoms with Crippen LogP contribution in [0.4, 0.5) is 0 Å². The Kier molecular flexibility index (Phi) is 5.17. The van der Waals surface area contributed by atoms with Gasteiger partial charge in [0.2, 0.25) is 0 Å². The number of piperidine rings is 1. The summed E-state index contributed by atoms with van der Waals surface area (Å²) in [5.74, 6) is 0.822. The van der Waals surface area contributed by atoms with E-state index in [1.165, 1.54) is 25.5 Å². The maximum atomic E-state index is 9.73. The van der Waals surface area contributed by atoms with Crippen molar-refractivity contribution in [2.45, 2.75) is 19.3 Å². The van der Waals surface area contributed by atoms with Gasteiger partial charge in [0.05, 0.1) is 13.3 Å². The molecule has 6 heteroatoms. The minimum absolute atomic E-state index is 0.153. The smallest absolute Gasteiger partial charge is 0.189 e. The second kappa shape index (κ2) is 7.09. The van der Waals surface area contributed by atoms with Crippen LogP contribution in [0.5, 0.6) is 11.5 Å². The van der Waals surface area contributed by atoms with Crippen LogP contribution in [-0.2, 0) is 0 Å². The van der Waals surface area contributed by atoms with Crippen LogP contribution in [0, 0.1) is 0 Å². The molecular weight excluding hydrogens is 274 g/mol. The van der Waals surface area contributed by atoms with Gasteiger partial charge in [0.25, 0.3) is 0 Å². The minimum atomic E-state index is 0.153. The first-order valence-electron chi connectivity index (χ1n) is 6.65. The standard InChI is InChI=1S/C14H19N3O2S/c1-19-12-5-6-13(18)11(9-12)10-15-16-14(20)17-7-3-2-4-8-17/h5-6,9-10,18H,2-4,7-8H2,1H3,(H,16,20)/b15-10-. The highest BCUT2D eigenvalue weighted by molar-refractivity contribution is 7.80. The summed E-state index contributed by atoms with van der Waals surface area (Å²) in [6.45, 7) is 1.96. The second-order valence-corrected chi connectivity index (χ2v) is 5.03. The molecule has 1 heterocycles. The first-order valence-corrected chi connectivity index (χ1v) is 7.06. The highest BCUT2D eigenvalue weighted by atomic mass is 32.1. The maximum absolute atomic E-state index is 9.73. The number of ether oxygens (including phenoxy) is 1. The van der Waals surface area contributed by atoms with Crippen LogP contribution in [0.15, 0.2) is 23.3 Å². The molecule has 20 heavy (non-hydrogen) atoms. The van der Waals surface area contributed by atoms with E-state index in [1.54, 1.807) is 25.3 Å². The van der Waals surface area contributed by atoms with Crippen molar-refractivity contribution in [1.82, 2.24) is 10.3 Å². The molecule has 1 aromatic carbocycles. The molecular formula is C14H19N3O2S. The predicted molar refractivity (Wildman–Crippen MR) is 83.4 cm³/mol. The number of methoxy groups -OCH3 is 1. The highest BCUT2D eigenvalue weighted by Gasteiger charge is 2.12. The highest BCUT2D eigenvalue weighted by Crippen LogP contribution is 2.20. The van der Waals surface area contributed by atoms with Crippen molar-refractivity contribution in [3.63, 3.8) is 0 Å². The van der Waals surface area contributed by atoms with Gasteiger partial charge in [-0.15, -0.1) is 0 Å². The lowest BCUT2D eigenvalue weighted by atomic mass is 10.1. The number of likely N-dealkylation sites (tertiary alicyclic amines) is 1. The van der Waals surface area contributed by atoms with E-state index in [9.17, 15) is 5.11 Å². The summed E-state index contributed by atoms with van der Waals surface area (Å²) in [5, 5.41) is 14.4. The van der Waals surface area contributed by atoms with Crippen molar-refractivity contribution >= 4 is 23.5 Å². The molecule has 1 aliphatic heterocycles. The number of hydrazone groups is 1. The number of thiocarbonyl (C=S) groups is 1. The van der Waals surface area contributed by atoms with Crippen LogP contribution in [0.1, 0.15) is 24.8 Å². The van der Waals surface area contributed by atoms with E-state index >= 15 is 0 Å². The molecule has 5 nitrogen and oxygen atoms in total. The van der Waals surface area contributed by atoms with E-state index < -0.39 is 0 Å². The Morgan fingerprint density at radius 2 is 2.15 bits per heavy atom. The number of hydrogen-bond acceptors (Lipinski definition) is 4. The van der Waals surface area contributed by atoms with E-state index in [0.29, 0.717) is 16.4 Å². The zero-order valence-electron chi connectivity index (χ0n) is 11.5. The van der Waals surface area contributed by atoms with Crippen molar-refractivity contribution in [3.8, 4) is 11.5 Å². The average molecular weight is 293 g/mol. The van der Waals surface area contributed by atoms with Gasteiger partial charge in [-0.3, -0.25) is 5.43 Å². The summed E-state index contributed by atoms with van der Waals surface area (Å²) in [5.41, 5.74) is 3.42. The monoisotopic (exact) mass is 293 g/mol. The Morgan fingerprint density at radius 3 is 2.85 bits per heavy atom. The molecule has 1 aliphatic rings. The largest absolute Gasteiger partial charge is 0.507 e.